The third-order valence-corrected chi connectivity index (χ3v) is 8.32. The summed E-state index contributed by atoms with van der Waals surface area (Å²) in [6, 6.07) is 22.5. The van der Waals surface area contributed by atoms with Gasteiger partial charge in [-0.25, -0.2) is 9.40 Å². The van der Waals surface area contributed by atoms with Crippen molar-refractivity contribution >= 4 is 40.5 Å². The zero-order valence-electron chi connectivity index (χ0n) is 21.4. The molecule has 9 heteroatoms. The monoisotopic (exact) mass is 573 g/mol. The van der Waals surface area contributed by atoms with Gasteiger partial charge < -0.3 is 9.64 Å². The number of carbonyl (C=O) groups excluding carboxylic acids is 2. The first-order valence-electron chi connectivity index (χ1n) is 12.9. The Hall–Kier alpha value is -4.01. The number of hydrazone groups is 1. The lowest BCUT2D eigenvalue weighted by Crippen LogP contribution is -2.37. The molecule has 1 atom stereocenters. The molecule has 6 nitrogen and oxygen atoms in total. The van der Waals surface area contributed by atoms with Gasteiger partial charge in [-0.15, -0.1) is 11.3 Å². The van der Waals surface area contributed by atoms with Gasteiger partial charge in [-0.3, -0.25) is 9.59 Å². The minimum Gasteiger partial charge on any atom is -0.483 e. The lowest BCUT2D eigenvalue weighted by molar-refractivity contribution is -0.135. The minimum atomic E-state index is -0.360. The van der Waals surface area contributed by atoms with Crippen LogP contribution in [-0.4, -0.2) is 40.6 Å². The molecule has 0 spiro atoms. The number of rotatable bonds is 7. The fourth-order valence-corrected chi connectivity index (χ4v) is 5.97. The smallest absolute Gasteiger partial charge is 0.281 e. The normalized spacial score (nSPS) is 16.6. The van der Waals surface area contributed by atoms with Crippen LogP contribution in [0.15, 0.2) is 89.3 Å². The summed E-state index contributed by atoms with van der Waals surface area (Å²) in [5.41, 5.74) is 3.98. The van der Waals surface area contributed by atoms with Crippen molar-refractivity contribution in [1.29, 1.82) is 0 Å². The second-order valence-corrected chi connectivity index (χ2v) is 11.1. The van der Waals surface area contributed by atoms with E-state index >= 15 is 0 Å². The molecule has 40 heavy (non-hydrogen) atoms. The van der Waals surface area contributed by atoms with Gasteiger partial charge in [0.15, 0.2) is 6.61 Å². The molecule has 202 valence electrons. The van der Waals surface area contributed by atoms with Crippen LogP contribution in [0.1, 0.15) is 44.4 Å². The van der Waals surface area contributed by atoms with Crippen LogP contribution in [0.4, 0.5) is 4.39 Å². The number of hydrogen-bond acceptors (Lipinski definition) is 5. The number of thiophene rings is 1. The first kappa shape index (κ1) is 26.2. The first-order valence-corrected chi connectivity index (χ1v) is 14.2. The number of amides is 2. The zero-order chi connectivity index (χ0) is 27.6. The molecule has 2 amide bonds. The molecule has 3 aromatic carbocycles. The number of benzene rings is 3. The lowest BCUT2D eigenvalue weighted by Gasteiger charge is -2.30. The zero-order valence-corrected chi connectivity index (χ0v) is 23.0. The van der Waals surface area contributed by atoms with Crippen LogP contribution >= 0.6 is 22.9 Å². The van der Waals surface area contributed by atoms with E-state index in [0.717, 1.165) is 27.3 Å². The number of hydrogen-bond donors (Lipinski definition) is 0. The van der Waals surface area contributed by atoms with Crippen molar-refractivity contribution in [2.45, 2.75) is 25.4 Å². The summed E-state index contributed by atoms with van der Waals surface area (Å²) in [6.07, 6.45) is 1.14. The summed E-state index contributed by atoms with van der Waals surface area (Å²) in [6.45, 7) is 0.789. The molecular formula is C31H25ClFN3O3S. The molecule has 0 radical (unpaired) electrons. The summed E-state index contributed by atoms with van der Waals surface area (Å²) in [5, 5.41) is 8.71. The molecule has 0 unspecified atom stereocenters. The number of nitrogens with zero attached hydrogens (tertiary/aromatic N) is 3. The number of halogens is 2. The maximum absolute atomic E-state index is 13.6. The van der Waals surface area contributed by atoms with Crippen molar-refractivity contribution in [1.82, 2.24) is 9.91 Å². The highest BCUT2D eigenvalue weighted by Gasteiger charge is 2.34. The molecule has 2 aliphatic rings. The van der Waals surface area contributed by atoms with E-state index in [0.29, 0.717) is 42.3 Å². The van der Waals surface area contributed by atoms with Crippen LogP contribution in [0, 0.1) is 5.82 Å². The first-order chi connectivity index (χ1) is 19.5. The Bertz CT molecular complexity index is 1570. The fraction of sp³-hybridized carbons (Fsp3) is 0.194. The van der Waals surface area contributed by atoms with Crippen LogP contribution in [0.2, 0.25) is 5.02 Å². The quantitative estimate of drug-likeness (QED) is 0.254. The molecule has 0 aliphatic carbocycles. The molecule has 0 saturated carbocycles. The minimum absolute atomic E-state index is 0.0749. The van der Waals surface area contributed by atoms with Gasteiger partial charge in [0.1, 0.15) is 11.6 Å². The van der Waals surface area contributed by atoms with Gasteiger partial charge >= 0.3 is 0 Å². The summed E-state index contributed by atoms with van der Waals surface area (Å²) in [7, 11) is 0. The van der Waals surface area contributed by atoms with E-state index in [4.69, 9.17) is 16.3 Å². The molecule has 4 aromatic rings. The Morgan fingerprint density at radius 1 is 1.05 bits per heavy atom. The summed E-state index contributed by atoms with van der Waals surface area (Å²) in [4.78, 5) is 29.5. The fourth-order valence-electron chi connectivity index (χ4n) is 5.12. The second-order valence-electron chi connectivity index (χ2n) is 9.71. The highest BCUT2D eigenvalue weighted by Crippen LogP contribution is 2.34. The molecule has 2 aliphatic heterocycles. The van der Waals surface area contributed by atoms with Gasteiger partial charge in [-0.2, -0.15) is 5.10 Å². The van der Waals surface area contributed by atoms with Gasteiger partial charge in [0.2, 0.25) is 0 Å². The van der Waals surface area contributed by atoms with E-state index < -0.39 is 0 Å². The summed E-state index contributed by atoms with van der Waals surface area (Å²) >= 11 is 7.55. The van der Waals surface area contributed by atoms with Crippen LogP contribution in [0.5, 0.6) is 5.75 Å². The maximum atomic E-state index is 13.6. The Morgan fingerprint density at radius 3 is 2.60 bits per heavy atom. The molecule has 0 saturated heterocycles. The van der Waals surface area contributed by atoms with E-state index in [1.54, 1.807) is 46.6 Å². The Labute approximate surface area is 240 Å². The lowest BCUT2D eigenvalue weighted by atomic mass is 9.97. The maximum Gasteiger partial charge on any atom is 0.281 e. The predicted molar refractivity (Wildman–Crippen MR) is 153 cm³/mol. The molecule has 0 N–H and O–H groups in total. The summed E-state index contributed by atoms with van der Waals surface area (Å²) in [5.74, 6) is -0.207. The average molecular weight is 574 g/mol. The van der Waals surface area contributed by atoms with E-state index in [1.165, 1.54) is 17.1 Å². The van der Waals surface area contributed by atoms with E-state index in [2.05, 4.69) is 5.10 Å². The van der Waals surface area contributed by atoms with Crippen molar-refractivity contribution in [3.05, 3.63) is 122 Å². The summed E-state index contributed by atoms with van der Waals surface area (Å²) < 4.78 is 19.6. The van der Waals surface area contributed by atoms with Crippen molar-refractivity contribution in [2.75, 3.05) is 13.2 Å². The van der Waals surface area contributed by atoms with Gasteiger partial charge in [-0.1, -0.05) is 48.0 Å². The van der Waals surface area contributed by atoms with E-state index in [9.17, 15) is 14.0 Å². The number of ether oxygens (including phenoxy) is 1. The van der Waals surface area contributed by atoms with Crippen LogP contribution in [-0.2, 0) is 17.8 Å². The second kappa shape index (κ2) is 11.2. The average Bonchev–Trinajstić information content (AvgIpc) is 3.66. The molecule has 6 rings (SSSR count). The predicted octanol–water partition coefficient (Wildman–Crippen LogP) is 6.50. The van der Waals surface area contributed by atoms with Crippen molar-refractivity contribution < 1.29 is 18.7 Å². The Morgan fingerprint density at radius 2 is 1.85 bits per heavy atom. The molecule has 1 aromatic heterocycles. The molecule has 3 heterocycles. The SMILES string of the molecule is O=C1c2cccc(OCC(=O)N3N=C(c4cccs4)C[C@@H]3c3ccc(F)cc3)c2CCN1Cc1ccc(Cl)cc1. The molecular weight excluding hydrogens is 549 g/mol. The third kappa shape index (κ3) is 5.37. The van der Waals surface area contributed by atoms with Gasteiger partial charge in [-0.05, 0) is 65.4 Å². The Kier molecular flexibility index (Phi) is 7.36. The van der Waals surface area contributed by atoms with Gasteiger partial charge in [0, 0.05) is 35.7 Å². The standard InChI is InChI=1S/C31H25ClFN3O3S/c32-22-10-6-20(7-11-22)18-35-15-14-24-25(31(35)38)3-1-4-28(24)39-19-30(37)36-27(21-8-12-23(33)13-9-21)17-26(34-36)29-5-2-16-40-29/h1-13,16,27H,14-15,17-19H2/t27-/m1/s1. The van der Waals surface area contributed by atoms with Crippen LogP contribution < -0.4 is 4.74 Å². The van der Waals surface area contributed by atoms with Gasteiger partial charge in [0.25, 0.3) is 11.8 Å². The molecule has 0 bridgehead atoms. The van der Waals surface area contributed by atoms with Crippen LogP contribution in [0.25, 0.3) is 0 Å². The van der Waals surface area contributed by atoms with Crippen molar-refractivity contribution in [3.8, 4) is 5.75 Å². The number of carbonyl (C=O) groups is 2. The van der Waals surface area contributed by atoms with Gasteiger partial charge in [0.05, 0.1) is 16.6 Å². The van der Waals surface area contributed by atoms with E-state index in [-0.39, 0.29) is 30.3 Å². The third-order valence-electron chi connectivity index (χ3n) is 7.15. The highest BCUT2D eigenvalue weighted by atomic mass is 35.5. The molecule has 0 fully saturated rings. The largest absolute Gasteiger partial charge is 0.483 e. The van der Waals surface area contributed by atoms with E-state index in [1.807, 2.05) is 41.8 Å². The van der Waals surface area contributed by atoms with Crippen LogP contribution in [0.3, 0.4) is 0 Å². The topological polar surface area (TPSA) is 62.2 Å². The number of fused-ring (bicyclic) bond motifs is 1. The highest BCUT2D eigenvalue weighted by molar-refractivity contribution is 7.12. The van der Waals surface area contributed by atoms with Crippen molar-refractivity contribution in [3.63, 3.8) is 0 Å². The van der Waals surface area contributed by atoms with Crippen molar-refractivity contribution in [2.24, 2.45) is 5.10 Å². The Balaban J connectivity index is 1.18.